The van der Waals surface area contributed by atoms with Gasteiger partial charge in [0.05, 0.1) is 34.4 Å². The number of allylic oxidation sites excluding steroid dienone is 18. The molecule has 0 bridgehead atoms. The molecule has 0 amide bonds. The molecule has 0 saturated heterocycles. The minimum absolute atomic E-state index is 0.0103. The smallest absolute Gasteiger partial charge is 0.306 e. The number of ether oxygens (including phenoxy) is 2. The minimum atomic E-state index is -4.55. The Balaban J connectivity index is 4.30. The zero-order valence-electron chi connectivity index (χ0n) is 40.0. The summed E-state index contributed by atoms with van der Waals surface area (Å²) in [5.74, 6) is -0.375. The molecular weight excluding hydrogens is 794 g/mol. The van der Waals surface area contributed by atoms with E-state index in [-0.39, 0.29) is 32.2 Å². The molecular formula is C53H90NO7P. The summed E-state index contributed by atoms with van der Waals surface area (Å²) in [5, 5.41) is 0. The van der Waals surface area contributed by atoms with Gasteiger partial charge in [0.25, 0.3) is 7.82 Å². The highest BCUT2D eigenvalue weighted by molar-refractivity contribution is 7.45. The van der Waals surface area contributed by atoms with Gasteiger partial charge in [-0.05, 0) is 96.3 Å². The predicted octanol–water partition coefficient (Wildman–Crippen LogP) is 14.1. The normalized spacial score (nSPS) is 14.6. The second kappa shape index (κ2) is 44.8. The molecule has 0 radical (unpaired) electrons. The van der Waals surface area contributed by atoms with Crippen molar-refractivity contribution in [1.82, 2.24) is 0 Å². The Bertz CT molecular complexity index is 1350. The molecule has 2 unspecified atom stereocenters. The van der Waals surface area contributed by atoms with Crippen molar-refractivity contribution in [1.29, 1.82) is 0 Å². The van der Waals surface area contributed by atoms with Gasteiger partial charge in [-0.2, -0.15) is 0 Å². The van der Waals surface area contributed by atoms with Gasteiger partial charge in [0.2, 0.25) is 0 Å². The maximum atomic E-state index is 12.7. The molecule has 62 heavy (non-hydrogen) atoms. The molecule has 0 heterocycles. The molecule has 0 aromatic heterocycles. The summed E-state index contributed by atoms with van der Waals surface area (Å²) in [7, 11) is 1.31. The average Bonchev–Trinajstić information content (AvgIpc) is 3.23. The van der Waals surface area contributed by atoms with Gasteiger partial charge < -0.3 is 27.9 Å². The second-order valence-electron chi connectivity index (χ2n) is 16.7. The number of esters is 1. The number of carbonyl (C=O) groups excluding carboxylic acids is 1. The Morgan fingerprint density at radius 1 is 0.516 bits per heavy atom. The zero-order chi connectivity index (χ0) is 45.5. The van der Waals surface area contributed by atoms with E-state index in [2.05, 4.69) is 123 Å². The van der Waals surface area contributed by atoms with Gasteiger partial charge in [-0.1, -0.05) is 168 Å². The number of likely N-dealkylation sites (N-methyl/N-ethyl adjacent to an activating group) is 1. The van der Waals surface area contributed by atoms with Gasteiger partial charge in [-0.25, -0.2) is 0 Å². The first-order valence-electron chi connectivity index (χ1n) is 24.1. The van der Waals surface area contributed by atoms with Crippen molar-refractivity contribution in [3.8, 4) is 0 Å². The average molecular weight is 884 g/mol. The predicted molar refractivity (Wildman–Crippen MR) is 263 cm³/mol. The number of carbonyl (C=O) groups is 1. The van der Waals surface area contributed by atoms with Crippen LogP contribution in [0, 0.1) is 0 Å². The van der Waals surface area contributed by atoms with Gasteiger partial charge in [0.15, 0.2) is 0 Å². The Labute approximate surface area is 380 Å². The molecule has 0 N–H and O–H groups in total. The van der Waals surface area contributed by atoms with Crippen LogP contribution in [0.3, 0.4) is 0 Å². The molecule has 2 atom stereocenters. The topological polar surface area (TPSA) is 94.1 Å². The quantitative estimate of drug-likeness (QED) is 0.0198. The number of rotatable bonds is 43. The molecule has 0 aliphatic heterocycles. The fourth-order valence-electron chi connectivity index (χ4n) is 5.83. The van der Waals surface area contributed by atoms with E-state index in [9.17, 15) is 14.3 Å². The van der Waals surface area contributed by atoms with Crippen LogP contribution in [0.5, 0.6) is 0 Å². The van der Waals surface area contributed by atoms with Crippen LogP contribution in [0.4, 0.5) is 0 Å². The van der Waals surface area contributed by atoms with E-state index in [1.165, 1.54) is 38.5 Å². The lowest BCUT2D eigenvalue weighted by Gasteiger charge is -2.28. The van der Waals surface area contributed by atoms with Gasteiger partial charge >= 0.3 is 5.97 Å². The van der Waals surface area contributed by atoms with Crippen molar-refractivity contribution < 1.29 is 37.3 Å². The highest BCUT2D eigenvalue weighted by Crippen LogP contribution is 2.38. The van der Waals surface area contributed by atoms with Crippen molar-refractivity contribution >= 4 is 13.8 Å². The third-order valence-electron chi connectivity index (χ3n) is 9.56. The summed E-state index contributed by atoms with van der Waals surface area (Å²) < 4.78 is 34.6. The van der Waals surface area contributed by atoms with Crippen LogP contribution >= 0.6 is 7.82 Å². The van der Waals surface area contributed by atoms with Crippen molar-refractivity contribution in [2.45, 2.75) is 168 Å². The van der Waals surface area contributed by atoms with Gasteiger partial charge in [0, 0.05) is 13.0 Å². The largest absolute Gasteiger partial charge is 0.756 e. The van der Waals surface area contributed by atoms with Crippen LogP contribution in [-0.2, 0) is 27.9 Å². The van der Waals surface area contributed by atoms with Crippen LogP contribution in [-0.4, -0.2) is 70.7 Å². The number of phosphoric ester groups is 1. The number of quaternary nitrogens is 1. The fourth-order valence-corrected chi connectivity index (χ4v) is 6.56. The van der Waals surface area contributed by atoms with E-state index in [4.69, 9.17) is 18.5 Å². The summed E-state index contributed by atoms with van der Waals surface area (Å²) in [6, 6.07) is 0. The van der Waals surface area contributed by atoms with Crippen molar-refractivity contribution in [3.63, 3.8) is 0 Å². The molecule has 0 fully saturated rings. The standard InChI is InChI=1S/C53H90NO7P/c1-6-8-10-12-14-16-18-20-22-23-24-25-26-27-28-29-30-31-32-34-36-38-40-42-44-46-53(55)61-52(51-60-62(56,57)59-49-47-54(3,4)5)50-58-48-45-43-41-39-37-35-33-21-19-17-15-13-11-9-7-2/h8,10,13-16,19-22,24-25,27-28,30-31,34,36,52H,6-7,9,11-12,17-18,23,26,29,32-33,35,37-51H2,1-5H3/b10-8-,15-13-,16-14-,21-19-,22-20-,25-24-,28-27-,31-30-,36-34-. The molecule has 0 aliphatic rings. The first kappa shape index (κ1) is 59.2. The van der Waals surface area contributed by atoms with E-state index in [0.29, 0.717) is 24.1 Å². The van der Waals surface area contributed by atoms with Crippen LogP contribution in [0.2, 0.25) is 0 Å². The molecule has 0 rings (SSSR count). The summed E-state index contributed by atoms with van der Waals surface area (Å²) in [4.78, 5) is 25.1. The lowest BCUT2D eigenvalue weighted by molar-refractivity contribution is -0.870. The lowest BCUT2D eigenvalue weighted by Crippen LogP contribution is -2.37. The van der Waals surface area contributed by atoms with Crippen LogP contribution in [0.25, 0.3) is 0 Å². The van der Waals surface area contributed by atoms with Crippen LogP contribution in [0.15, 0.2) is 109 Å². The van der Waals surface area contributed by atoms with E-state index in [1.807, 2.05) is 21.1 Å². The van der Waals surface area contributed by atoms with Crippen molar-refractivity contribution in [3.05, 3.63) is 109 Å². The third-order valence-corrected chi connectivity index (χ3v) is 10.5. The van der Waals surface area contributed by atoms with E-state index < -0.39 is 13.9 Å². The first-order chi connectivity index (χ1) is 30.1. The molecule has 0 saturated carbocycles. The number of hydrogen-bond donors (Lipinski definition) is 0. The van der Waals surface area contributed by atoms with Crippen molar-refractivity contribution in [2.24, 2.45) is 0 Å². The third kappa shape index (κ3) is 48.2. The van der Waals surface area contributed by atoms with Gasteiger partial charge in [-0.3, -0.25) is 9.36 Å². The minimum Gasteiger partial charge on any atom is -0.756 e. The first-order valence-corrected chi connectivity index (χ1v) is 25.6. The summed E-state index contributed by atoms with van der Waals surface area (Å²) in [6.45, 7) is 5.15. The number of nitrogens with zero attached hydrogens (tertiary/aromatic N) is 1. The summed E-state index contributed by atoms with van der Waals surface area (Å²) in [6.07, 6.45) is 62.5. The lowest BCUT2D eigenvalue weighted by atomic mass is 10.1. The molecule has 0 spiro atoms. The number of unbranched alkanes of at least 4 members (excludes halogenated alkanes) is 11. The van der Waals surface area contributed by atoms with Crippen molar-refractivity contribution in [2.75, 3.05) is 54.1 Å². The Hall–Kier alpha value is -2.84. The van der Waals surface area contributed by atoms with E-state index in [1.54, 1.807) is 0 Å². The molecule has 0 aromatic rings. The highest BCUT2D eigenvalue weighted by Gasteiger charge is 2.20. The van der Waals surface area contributed by atoms with Crippen LogP contribution in [0.1, 0.15) is 162 Å². The number of hydrogen-bond acceptors (Lipinski definition) is 7. The maximum Gasteiger partial charge on any atom is 0.306 e. The van der Waals surface area contributed by atoms with E-state index in [0.717, 1.165) is 96.3 Å². The summed E-state index contributed by atoms with van der Waals surface area (Å²) >= 11 is 0. The Morgan fingerprint density at radius 3 is 1.40 bits per heavy atom. The van der Waals surface area contributed by atoms with Gasteiger partial charge in [0.1, 0.15) is 19.3 Å². The highest BCUT2D eigenvalue weighted by atomic mass is 31.2. The second-order valence-corrected chi connectivity index (χ2v) is 18.1. The summed E-state index contributed by atoms with van der Waals surface area (Å²) in [5.41, 5.74) is 0. The van der Waals surface area contributed by atoms with E-state index >= 15 is 0 Å². The monoisotopic (exact) mass is 884 g/mol. The molecule has 8 nitrogen and oxygen atoms in total. The SMILES string of the molecule is CC/C=C\C/C=C\C/C=C\C/C=C\C/C=C\C/C=C\C/C=C\CCCCCC(=O)OC(COCCCCCCCC/C=C\C/C=C\CCCC)COP(=O)([O-])OCC[N+](C)(C)C. The Kier molecular flexibility index (Phi) is 42.7. The zero-order valence-corrected chi connectivity index (χ0v) is 40.9. The molecule has 0 aromatic carbocycles. The molecule has 354 valence electrons. The Morgan fingerprint density at radius 2 is 0.935 bits per heavy atom. The maximum absolute atomic E-state index is 12.7. The van der Waals surface area contributed by atoms with Crippen LogP contribution < -0.4 is 4.89 Å². The fraction of sp³-hybridized carbons (Fsp3) is 0.642. The number of phosphoric acid groups is 1. The van der Waals surface area contributed by atoms with Gasteiger partial charge in [-0.15, -0.1) is 0 Å². The molecule has 0 aliphatic carbocycles. The molecule has 9 heteroatoms.